The van der Waals surface area contributed by atoms with Crippen LogP contribution in [0.4, 0.5) is 0 Å². The molecule has 0 saturated carbocycles. The monoisotopic (exact) mass is 224 g/mol. The third-order valence-electron chi connectivity index (χ3n) is 4.78. The molecule has 0 bridgehead atoms. The van der Waals surface area contributed by atoms with E-state index in [1.807, 2.05) is 0 Å². The van der Waals surface area contributed by atoms with E-state index in [2.05, 4.69) is 41.5 Å². The summed E-state index contributed by atoms with van der Waals surface area (Å²) in [5, 5.41) is 0. The van der Waals surface area contributed by atoms with Gasteiger partial charge >= 0.3 is 0 Å². The average molecular weight is 224 g/mol. The van der Waals surface area contributed by atoms with Crippen LogP contribution in [0.15, 0.2) is 0 Å². The lowest BCUT2D eigenvalue weighted by atomic mass is 9.25. The van der Waals surface area contributed by atoms with Crippen LogP contribution in [0.5, 0.6) is 0 Å². The first kappa shape index (κ1) is 16.1. The molecule has 0 aliphatic carbocycles. The van der Waals surface area contributed by atoms with Crippen LogP contribution >= 0.6 is 0 Å². The molecular weight excluding hydrogens is 191 g/mol. The zero-order valence-electron chi connectivity index (χ0n) is 12.6. The Balaban J connectivity index is 4.84. The van der Waals surface area contributed by atoms with Gasteiger partial charge in [-0.25, -0.2) is 0 Å². The van der Waals surface area contributed by atoms with Crippen molar-refractivity contribution in [1.29, 1.82) is 0 Å². The van der Waals surface area contributed by atoms with Gasteiger partial charge < -0.3 is 0 Å². The molecule has 0 amide bonds. The predicted octanol–water partition coefficient (Wildman–Crippen LogP) is 6.05. The van der Waals surface area contributed by atoms with Crippen LogP contribution in [0.2, 0.25) is 17.5 Å². The van der Waals surface area contributed by atoms with Crippen molar-refractivity contribution < 1.29 is 0 Å². The Labute approximate surface area is 105 Å². The molecule has 0 aliphatic heterocycles. The molecule has 0 N–H and O–H groups in total. The molecule has 0 atom stereocenters. The Kier molecular flexibility index (Phi) is 9.17. The van der Waals surface area contributed by atoms with Gasteiger partial charge in [-0.05, 0) is 0 Å². The van der Waals surface area contributed by atoms with Crippen molar-refractivity contribution in [2.24, 2.45) is 0 Å². The van der Waals surface area contributed by atoms with E-state index >= 15 is 0 Å². The van der Waals surface area contributed by atoms with Crippen molar-refractivity contribution in [3.8, 4) is 0 Å². The highest BCUT2D eigenvalue weighted by molar-refractivity contribution is 6.63. The summed E-state index contributed by atoms with van der Waals surface area (Å²) in [7, 11) is 0. The molecule has 16 heavy (non-hydrogen) atoms. The maximum Gasteiger partial charge on any atom is 0.149 e. The first-order chi connectivity index (χ1) is 7.69. The van der Waals surface area contributed by atoms with Crippen molar-refractivity contribution in [1.82, 2.24) is 0 Å². The second kappa shape index (κ2) is 9.13. The number of hydrogen-bond acceptors (Lipinski definition) is 0. The van der Waals surface area contributed by atoms with Crippen molar-refractivity contribution >= 4 is 6.71 Å². The maximum atomic E-state index is 2.38. The molecular formula is C15H33B. The standard InChI is InChI=1S/C15H33B/c1-7-13(8-2)16(14(9-3)10-4)15(11-5)12-6/h13-15H,7-12H2,1-6H3. The van der Waals surface area contributed by atoms with Crippen LogP contribution in [0.3, 0.4) is 0 Å². The summed E-state index contributed by atoms with van der Waals surface area (Å²) in [4.78, 5) is 0. The normalized spacial score (nSPS) is 11.8. The molecule has 0 rings (SSSR count). The fraction of sp³-hybridized carbons (Fsp3) is 1.00. The third kappa shape index (κ3) is 4.15. The average Bonchev–Trinajstić information content (AvgIpc) is 2.33. The Bertz CT molecular complexity index is 115. The lowest BCUT2D eigenvalue weighted by Gasteiger charge is -2.35. The first-order valence-corrected chi connectivity index (χ1v) is 7.69. The number of rotatable bonds is 9. The summed E-state index contributed by atoms with van der Waals surface area (Å²) in [6.07, 6.45) is 8.22. The second-order valence-electron chi connectivity index (χ2n) is 5.31. The highest BCUT2D eigenvalue weighted by atomic mass is 14.1. The SMILES string of the molecule is CCC(CC)B(C(CC)CC)C(CC)CC. The van der Waals surface area contributed by atoms with Gasteiger partial charge in [-0.2, -0.15) is 0 Å². The predicted molar refractivity (Wildman–Crippen MR) is 78.8 cm³/mol. The highest BCUT2D eigenvalue weighted by Crippen LogP contribution is 2.41. The van der Waals surface area contributed by atoms with Gasteiger partial charge in [0.05, 0.1) is 0 Å². The topological polar surface area (TPSA) is 0 Å². The van der Waals surface area contributed by atoms with Gasteiger partial charge in [-0.3, -0.25) is 0 Å². The molecule has 1 heteroatoms. The highest BCUT2D eigenvalue weighted by Gasteiger charge is 2.34. The molecule has 0 spiro atoms. The molecule has 0 unspecified atom stereocenters. The van der Waals surface area contributed by atoms with Crippen molar-refractivity contribution in [2.75, 3.05) is 0 Å². The van der Waals surface area contributed by atoms with E-state index in [9.17, 15) is 0 Å². The molecule has 0 heterocycles. The molecule has 0 aliphatic rings. The van der Waals surface area contributed by atoms with Gasteiger partial charge in [0.25, 0.3) is 0 Å². The zero-order chi connectivity index (χ0) is 12.6. The Morgan fingerprint density at radius 1 is 0.500 bits per heavy atom. The van der Waals surface area contributed by atoms with Crippen molar-refractivity contribution in [2.45, 2.75) is 97.5 Å². The third-order valence-corrected chi connectivity index (χ3v) is 4.78. The lowest BCUT2D eigenvalue weighted by molar-refractivity contribution is 0.625. The Morgan fingerprint density at radius 3 is 0.812 bits per heavy atom. The van der Waals surface area contributed by atoms with Gasteiger partial charge in [0.2, 0.25) is 0 Å². The minimum atomic E-state index is 0.954. The van der Waals surface area contributed by atoms with Crippen molar-refractivity contribution in [3.63, 3.8) is 0 Å². The van der Waals surface area contributed by atoms with Crippen LogP contribution in [0, 0.1) is 0 Å². The van der Waals surface area contributed by atoms with Gasteiger partial charge in [0, 0.05) is 0 Å². The van der Waals surface area contributed by atoms with Crippen LogP contribution in [-0.2, 0) is 0 Å². The smallest absolute Gasteiger partial charge is 0.0658 e. The summed E-state index contributed by atoms with van der Waals surface area (Å²) in [6, 6.07) is 0. The lowest BCUT2D eigenvalue weighted by Crippen LogP contribution is -2.31. The van der Waals surface area contributed by atoms with E-state index in [1.165, 1.54) is 38.5 Å². The summed E-state index contributed by atoms with van der Waals surface area (Å²) in [6.45, 7) is 15.3. The fourth-order valence-corrected chi connectivity index (χ4v) is 3.65. The molecule has 0 fully saturated rings. The summed E-state index contributed by atoms with van der Waals surface area (Å²) >= 11 is 0. The fourth-order valence-electron chi connectivity index (χ4n) is 3.65. The Hall–Kier alpha value is 0.0649. The van der Waals surface area contributed by atoms with E-state index in [-0.39, 0.29) is 0 Å². The van der Waals surface area contributed by atoms with Gasteiger partial charge in [-0.15, -0.1) is 0 Å². The molecule has 0 aromatic rings. The van der Waals surface area contributed by atoms with Gasteiger partial charge in [0.15, 0.2) is 0 Å². The van der Waals surface area contributed by atoms with Crippen molar-refractivity contribution in [3.05, 3.63) is 0 Å². The molecule has 0 aromatic heterocycles. The summed E-state index contributed by atoms with van der Waals surface area (Å²) in [5.41, 5.74) is 0. The van der Waals surface area contributed by atoms with E-state index < -0.39 is 0 Å². The van der Waals surface area contributed by atoms with Crippen LogP contribution in [0.1, 0.15) is 80.1 Å². The minimum absolute atomic E-state index is 0.954. The Morgan fingerprint density at radius 2 is 0.688 bits per heavy atom. The minimum Gasteiger partial charge on any atom is -0.0658 e. The van der Waals surface area contributed by atoms with Crippen LogP contribution in [0.25, 0.3) is 0 Å². The second-order valence-corrected chi connectivity index (χ2v) is 5.31. The van der Waals surface area contributed by atoms with E-state index in [4.69, 9.17) is 0 Å². The number of hydrogen-bond donors (Lipinski definition) is 0. The summed E-state index contributed by atoms with van der Waals surface area (Å²) in [5.74, 6) is 2.86. The zero-order valence-corrected chi connectivity index (χ0v) is 12.6. The van der Waals surface area contributed by atoms with Crippen LogP contribution < -0.4 is 0 Å². The van der Waals surface area contributed by atoms with Gasteiger partial charge in [-0.1, -0.05) is 97.5 Å². The molecule has 96 valence electrons. The first-order valence-electron chi connectivity index (χ1n) is 7.69. The molecule has 0 saturated heterocycles. The largest absolute Gasteiger partial charge is 0.149 e. The molecule has 0 radical (unpaired) electrons. The van der Waals surface area contributed by atoms with E-state index in [0.29, 0.717) is 0 Å². The summed E-state index contributed by atoms with van der Waals surface area (Å²) < 4.78 is 0. The maximum absolute atomic E-state index is 2.38. The van der Waals surface area contributed by atoms with Gasteiger partial charge in [0.1, 0.15) is 6.71 Å². The van der Waals surface area contributed by atoms with E-state index in [1.54, 1.807) is 0 Å². The molecule has 0 nitrogen and oxygen atoms in total. The van der Waals surface area contributed by atoms with E-state index in [0.717, 1.165) is 24.2 Å². The molecule has 0 aromatic carbocycles. The van der Waals surface area contributed by atoms with Crippen LogP contribution in [-0.4, -0.2) is 6.71 Å². The quantitative estimate of drug-likeness (QED) is 0.418.